The minimum Gasteiger partial charge on any atom is -0.367 e. The lowest BCUT2D eigenvalue weighted by Crippen LogP contribution is -2.42. The molecule has 3 heterocycles. The van der Waals surface area contributed by atoms with E-state index in [4.69, 9.17) is 17.0 Å². The van der Waals surface area contributed by atoms with E-state index in [0.717, 1.165) is 30.2 Å². The van der Waals surface area contributed by atoms with Crippen LogP contribution in [0.1, 0.15) is 36.0 Å². The van der Waals surface area contributed by atoms with Crippen LogP contribution in [0.2, 0.25) is 0 Å². The summed E-state index contributed by atoms with van der Waals surface area (Å²) < 4.78 is 6.63. The molecule has 0 amide bonds. The molecule has 0 bridgehead atoms. The molecule has 0 saturated carbocycles. The Morgan fingerprint density at radius 2 is 2.28 bits per heavy atom. The van der Waals surface area contributed by atoms with Crippen molar-refractivity contribution in [3.05, 3.63) is 21.7 Å². The summed E-state index contributed by atoms with van der Waals surface area (Å²) in [5.41, 5.74) is 2.15. The summed E-state index contributed by atoms with van der Waals surface area (Å²) in [4.78, 5) is 10.3. The number of H-pyrrole nitrogens is 1. The predicted molar refractivity (Wildman–Crippen MR) is 72.2 cm³/mol. The first kappa shape index (κ1) is 12.3. The van der Waals surface area contributed by atoms with E-state index in [0.29, 0.717) is 10.7 Å². The van der Waals surface area contributed by atoms with Gasteiger partial charge in [-0.15, -0.1) is 0 Å². The van der Waals surface area contributed by atoms with Gasteiger partial charge in [0, 0.05) is 23.8 Å². The van der Waals surface area contributed by atoms with Crippen LogP contribution in [0.3, 0.4) is 0 Å². The molecule has 5 heteroatoms. The molecule has 2 aliphatic rings. The number of fused-ring (bicyclic) bond motifs is 1. The smallest absolute Gasteiger partial charge is 0.138 e. The van der Waals surface area contributed by atoms with Crippen molar-refractivity contribution < 1.29 is 4.74 Å². The monoisotopic (exact) mass is 265 g/mol. The average Bonchev–Trinajstić information content (AvgIpc) is 2.82. The normalized spacial score (nSPS) is 28.3. The molecule has 0 aliphatic carbocycles. The van der Waals surface area contributed by atoms with Gasteiger partial charge in [0.05, 0.1) is 6.61 Å². The highest BCUT2D eigenvalue weighted by molar-refractivity contribution is 7.71. The number of rotatable bonds is 1. The minimum absolute atomic E-state index is 0.0420. The molecule has 1 N–H and O–H groups in total. The summed E-state index contributed by atoms with van der Waals surface area (Å²) >= 11 is 5.29. The Morgan fingerprint density at radius 1 is 1.44 bits per heavy atom. The zero-order chi connectivity index (χ0) is 12.7. The van der Waals surface area contributed by atoms with Crippen LogP contribution in [0, 0.1) is 18.5 Å². The molecule has 3 rings (SSSR count). The molecule has 2 aliphatic heterocycles. The van der Waals surface area contributed by atoms with Crippen molar-refractivity contribution in [2.24, 2.45) is 0 Å². The fraction of sp³-hybridized carbons (Fsp3) is 0.692. The van der Waals surface area contributed by atoms with Crippen molar-refractivity contribution in [3.63, 3.8) is 0 Å². The standard InChI is InChI=1S/C13H19N3OS/c1-8-9(2)14-12(15-13(8)18)11-6-16-5-3-4-10(16)7-17-11/h10-11H,3-7H2,1-2H3,(H,14,15,18). The third kappa shape index (κ3) is 2.11. The van der Waals surface area contributed by atoms with E-state index < -0.39 is 0 Å². The lowest BCUT2D eigenvalue weighted by molar-refractivity contribution is -0.0542. The first-order valence-corrected chi connectivity index (χ1v) is 6.99. The van der Waals surface area contributed by atoms with Crippen LogP contribution in [0.15, 0.2) is 0 Å². The number of nitrogens with one attached hydrogen (secondary N) is 1. The fourth-order valence-electron chi connectivity index (χ4n) is 2.80. The lowest BCUT2D eigenvalue weighted by Gasteiger charge is -2.34. The van der Waals surface area contributed by atoms with Gasteiger partial charge in [0.1, 0.15) is 16.6 Å². The quantitative estimate of drug-likeness (QED) is 0.791. The molecule has 1 aromatic rings. The van der Waals surface area contributed by atoms with Gasteiger partial charge < -0.3 is 9.72 Å². The van der Waals surface area contributed by atoms with Crippen molar-refractivity contribution in [2.45, 2.75) is 38.8 Å². The number of aromatic nitrogens is 2. The first-order valence-electron chi connectivity index (χ1n) is 6.58. The van der Waals surface area contributed by atoms with Crippen LogP contribution in [0.4, 0.5) is 0 Å². The largest absolute Gasteiger partial charge is 0.367 e. The molecule has 98 valence electrons. The molecule has 0 aromatic carbocycles. The molecule has 2 atom stereocenters. The maximum Gasteiger partial charge on any atom is 0.138 e. The zero-order valence-corrected chi connectivity index (χ0v) is 11.7. The SMILES string of the molecule is Cc1[nH]c(C2CN3CCCC3CO2)nc(=S)c1C. The topological polar surface area (TPSA) is 41.2 Å². The number of nitrogens with zero attached hydrogens (tertiary/aromatic N) is 2. The molecule has 0 radical (unpaired) electrons. The van der Waals surface area contributed by atoms with Gasteiger partial charge in [-0.2, -0.15) is 0 Å². The number of hydrogen-bond acceptors (Lipinski definition) is 4. The summed E-state index contributed by atoms with van der Waals surface area (Å²) in [5.74, 6) is 0.883. The summed E-state index contributed by atoms with van der Waals surface area (Å²) in [6.45, 7) is 6.99. The number of aryl methyl sites for hydroxylation is 1. The maximum atomic E-state index is 5.95. The molecular weight excluding hydrogens is 246 g/mol. The van der Waals surface area contributed by atoms with Crippen molar-refractivity contribution in [1.82, 2.24) is 14.9 Å². The van der Waals surface area contributed by atoms with Gasteiger partial charge >= 0.3 is 0 Å². The Morgan fingerprint density at radius 3 is 3.06 bits per heavy atom. The highest BCUT2D eigenvalue weighted by Gasteiger charge is 2.33. The predicted octanol–water partition coefficient (Wildman–Crippen LogP) is 2.29. The highest BCUT2D eigenvalue weighted by Crippen LogP contribution is 2.28. The summed E-state index contributed by atoms with van der Waals surface area (Å²) in [5, 5.41) is 0. The first-order chi connectivity index (χ1) is 8.65. The van der Waals surface area contributed by atoms with E-state index in [1.807, 2.05) is 13.8 Å². The van der Waals surface area contributed by atoms with Crippen LogP contribution < -0.4 is 0 Å². The van der Waals surface area contributed by atoms with Crippen LogP contribution in [0.25, 0.3) is 0 Å². The molecule has 2 unspecified atom stereocenters. The Kier molecular flexibility index (Phi) is 3.21. The molecular formula is C13H19N3OS. The molecule has 2 fully saturated rings. The second-order valence-electron chi connectivity index (χ2n) is 5.29. The number of aromatic amines is 1. The second kappa shape index (κ2) is 4.72. The second-order valence-corrected chi connectivity index (χ2v) is 5.68. The zero-order valence-electron chi connectivity index (χ0n) is 10.9. The third-order valence-electron chi connectivity index (χ3n) is 4.12. The Balaban J connectivity index is 1.85. The van der Waals surface area contributed by atoms with E-state index in [1.54, 1.807) is 0 Å². The molecule has 4 nitrogen and oxygen atoms in total. The Hall–Kier alpha value is -0.780. The van der Waals surface area contributed by atoms with Crippen molar-refractivity contribution >= 4 is 12.2 Å². The number of ether oxygens (including phenoxy) is 1. The van der Waals surface area contributed by atoms with E-state index in [9.17, 15) is 0 Å². The average molecular weight is 265 g/mol. The van der Waals surface area contributed by atoms with Gasteiger partial charge in [0.15, 0.2) is 0 Å². The highest BCUT2D eigenvalue weighted by atomic mass is 32.1. The summed E-state index contributed by atoms with van der Waals surface area (Å²) in [7, 11) is 0. The van der Waals surface area contributed by atoms with E-state index in [1.165, 1.54) is 19.4 Å². The molecule has 18 heavy (non-hydrogen) atoms. The van der Waals surface area contributed by atoms with Crippen LogP contribution in [-0.2, 0) is 4.74 Å². The van der Waals surface area contributed by atoms with Gasteiger partial charge in [-0.05, 0) is 33.2 Å². The fourth-order valence-corrected chi connectivity index (χ4v) is 3.05. The number of morpholine rings is 1. The van der Waals surface area contributed by atoms with Gasteiger partial charge in [0.25, 0.3) is 0 Å². The van der Waals surface area contributed by atoms with Gasteiger partial charge in [-0.25, -0.2) is 4.98 Å². The van der Waals surface area contributed by atoms with Gasteiger partial charge in [0.2, 0.25) is 0 Å². The van der Waals surface area contributed by atoms with E-state index >= 15 is 0 Å². The molecule has 2 saturated heterocycles. The van der Waals surface area contributed by atoms with Crippen molar-refractivity contribution in [3.8, 4) is 0 Å². The molecule has 1 aromatic heterocycles. The Labute approximate surface area is 112 Å². The van der Waals surface area contributed by atoms with Crippen LogP contribution in [-0.4, -0.2) is 40.6 Å². The van der Waals surface area contributed by atoms with Gasteiger partial charge in [-0.1, -0.05) is 12.2 Å². The van der Waals surface area contributed by atoms with E-state index in [2.05, 4.69) is 14.9 Å². The summed E-state index contributed by atoms with van der Waals surface area (Å²) in [6, 6.07) is 0.621. The Bertz CT molecular complexity index is 513. The molecule has 0 spiro atoms. The van der Waals surface area contributed by atoms with Gasteiger partial charge in [-0.3, -0.25) is 4.90 Å². The minimum atomic E-state index is 0.0420. The van der Waals surface area contributed by atoms with Crippen molar-refractivity contribution in [2.75, 3.05) is 19.7 Å². The van der Waals surface area contributed by atoms with Crippen LogP contribution >= 0.6 is 12.2 Å². The van der Waals surface area contributed by atoms with E-state index in [-0.39, 0.29) is 6.10 Å². The van der Waals surface area contributed by atoms with Crippen LogP contribution in [0.5, 0.6) is 0 Å². The number of hydrogen-bond donors (Lipinski definition) is 1. The van der Waals surface area contributed by atoms with Crippen molar-refractivity contribution in [1.29, 1.82) is 0 Å². The third-order valence-corrected chi connectivity index (χ3v) is 4.51. The summed E-state index contributed by atoms with van der Waals surface area (Å²) in [6.07, 6.45) is 2.60. The maximum absolute atomic E-state index is 5.95. The lowest BCUT2D eigenvalue weighted by atomic mass is 10.1.